The molecule has 1 fully saturated rings. The molecular formula is C11H21NO2. The molecule has 0 aromatic carbocycles. The van der Waals surface area contributed by atoms with Crippen molar-refractivity contribution in [1.29, 1.82) is 0 Å². The van der Waals surface area contributed by atoms with Crippen LogP contribution in [0, 0.1) is 5.92 Å². The summed E-state index contributed by atoms with van der Waals surface area (Å²) in [5.74, 6) is 0.690. The van der Waals surface area contributed by atoms with Crippen molar-refractivity contribution in [3.63, 3.8) is 0 Å². The first kappa shape index (κ1) is 11.7. The van der Waals surface area contributed by atoms with Crippen molar-refractivity contribution >= 4 is 5.78 Å². The average molecular weight is 199 g/mol. The summed E-state index contributed by atoms with van der Waals surface area (Å²) in [5, 5.41) is 9.65. The summed E-state index contributed by atoms with van der Waals surface area (Å²) in [4.78, 5) is 13.0. The molecule has 2 unspecified atom stereocenters. The van der Waals surface area contributed by atoms with Crippen molar-refractivity contribution in [3.8, 4) is 0 Å². The summed E-state index contributed by atoms with van der Waals surface area (Å²) >= 11 is 0. The normalized spacial score (nSPS) is 29.1. The number of rotatable bonds is 4. The fourth-order valence-electron chi connectivity index (χ4n) is 1.87. The molecule has 0 bridgehead atoms. The summed E-state index contributed by atoms with van der Waals surface area (Å²) in [5.41, 5.74) is 0. The van der Waals surface area contributed by atoms with E-state index in [9.17, 15) is 9.90 Å². The van der Waals surface area contributed by atoms with Crippen LogP contribution in [0.1, 0.15) is 33.1 Å². The molecule has 0 aromatic rings. The molecule has 0 aliphatic carbocycles. The van der Waals surface area contributed by atoms with E-state index in [2.05, 4.69) is 11.8 Å². The molecule has 0 aromatic heterocycles. The first-order valence-corrected chi connectivity index (χ1v) is 5.49. The molecule has 14 heavy (non-hydrogen) atoms. The van der Waals surface area contributed by atoms with E-state index >= 15 is 0 Å². The van der Waals surface area contributed by atoms with Crippen LogP contribution in [-0.4, -0.2) is 41.5 Å². The van der Waals surface area contributed by atoms with Gasteiger partial charge < -0.3 is 14.8 Å². The Kier molecular flexibility index (Phi) is 4.55. The fourth-order valence-corrected chi connectivity index (χ4v) is 1.87. The monoisotopic (exact) mass is 199 g/mol. The Labute approximate surface area is 86.1 Å². The van der Waals surface area contributed by atoms with Gasteiger partial charge in [0.15, 0.2) is 0 Å². The molecule has 0 amide bonds. The van der Waals surface area contributed by atoms with E-state index in [1.54, 1.807) is 6.92 Å². The molecule has 1 heterocycles. The molecule has 3 heteroatoms. The molecule has 1 N–H and O–H groups in total. The first-order chi connectivity index (χ1) is 6.59. The highest BCUT2D eigenvalue weighted by molar-refractivity contribution is 5.75. The van der Waals surface area contributed by atoms with Gasteiger partial charge in [-0.05, 0) is 38.8 Å². The summed E-state index contributed by atoms with van der Waals surface area (Å²) in [6.07, 6.45) is 2.49. The Morgan fingerprint density at radius 2 is 2.29 bits per heavy atom. The zero-order chi connectivity index (χ0) is 10.6. The molecular weight excluding hydrogens is 178 g/mol. The summed E-state index contributed by atoms with van der Waals surface area (Å²) in [7, 11) is 0. The Bertz CT molecular complexity index is 194. The van der Waals surface area contributed by atoms with Gasteiger partial charge in [-0.25, -0.2) is 0 Å². The maximum absolute atomic E-state index is 10.7. The van der Waals surface area contributed by atoms with Crippen molar-refractivity contribution in [2.45, 2.75) is 39.2 Å². The summed E-state index contributed by atoms with van der Waals surface area (Å²) < 4.78 is 0. The number of nitrogens with zero attached hydrogens (tertiary/aromatic N) is 1. The van der Waals surface area contributed by atoms with Gasteiger partial charge in [0.05, 0.1) is 6.10 Å². The van der Waals surface area contributed by atoms with E-state index in [0.717, 1.165) is 32.5 Å². The lowest BCUT2D eigenvalue weighted by atomic mass is 9.96. The Morgan fingerprint density at radius 3 is 2.86 bits per heavy atom. The SMILES string of the molecule is CC(=O)CCCN1CCC(C)C(O)C1. The van der Waals surface area contributed by atoms with E-state index in [4.69, 9.17) is 0 Å². The highest BCUT2D eigenvalue weighted by Crippen LogP contribution is 2.17. The second-order valence-electron chi connectivity index (χ2n) is 4.44. The zero-order valence-corrected chi connectivity index (χ0v) is 9.20. The van der Waals surface area contributed by atoms with Gasteiger partial charge in [0.1, 0.15) is 5.78 Å². The highest BCUT2D eigenvalue weighted by atomic mass is 16.3. The number of aliphatic hydroxyl groups is 1. The van der Waals surface area contributed by atoms with Crippen molar-refractivity contribution in [2.75, 3.05) is 19.6 Å². The number of carbonyl (C=O) groups is 1. The van der Waals surface area contributed by atoms with Crippen LogP contribution in [0.2, 0.25) is 0 Å². The maximum atomic E-state index is 10.7. The minimum absolute atomic E-state index is 0.180. The number of β-amino-alcohol motifs (C(OH)–C–C–N with tert-alkyl or cyclic N) is 1. The van der Waals surface area contributed by atoms with Crippen LogP contribution in [-0.2, 0) is 4.79 Å². The quantitative estimate of drug-likeness (QED) is 0.736. The minimum Gasteiger partial charge on any atom is -0.392 e. The molecule has 1 rings (SSSR count). The Balaban J connectivity index is 2.16. The predicted octanol–water partition coefficient (Wildman–Crippen LogP) is 1.06. The van der Waals surface area contributed by atoms with Gasteiger partial charge in [0.25, 0.3) is 0 Å². The number of ketones is 1. The summed E-state index contributed by atoms with van der Waals surface area (Å²) in [6.45, 7) is 6.52. The fraction of sp³-hybridized carbons (Fsp3) is 0.909. The van der Waals surface area contributed by atoms with Crippen LogP contribution < -0.4 is 0 Å². The van der Waals surface area contributed by atoms with Gasteiger partial charge in [0.2, 0.25) is 0 Å². The first-order valence-electron chi connectivity index (χ1n) is 5.49. The van der Waals surface area contributed by atoms with Crippen molar-refractivity contribution in [3.05, 3.63) is 0 Å². The standard InChI is InChI=1S/C11H21NO2/c1-9-5-7-12(8-11(9)14)6-3-4-10(2)13/h9,11,14H,3-8H2,1-2H3. The number of Topliss-reactive ketones (excluding diaryl/α,β-unsaturated/α-hetero) is 1. The number of aliphatic hydroxyl groups excluding tert-OH is 1. The lowest BCUT2D eigenvalue weighted by molar-refractivity contribution is -0.117. The van der Waals surface area contributed by atoms with Gasteiger partial charge in [-0.3, -0.25) is 0 Å². The Hall–Kier alpha value is -0.410. The number of hydrogen-bond acceptors (Lipinski definition) is 3. The van der Waals surface area contributed by atoms with Crippen LogP contribution >= 0.6 is 0 Å². The molecule has 1 aliphatic heterocycles. The van der Waals surface area contributed by atoms with Gasteiger partial charge in [-0.2, -0.15) is 0 Å². The zero-order valence-electron chi connectivity index (χ0n) is 9.20. The van der Waals surface area contributed by atoms with Crippen LogP contribution in [0.3, 0.4) is 0 Å². The maximum Gasteiger partial charge on any atom is 0.129 e. The van der Waals surface area contributed by atoms with Gasteiger partial charge in [0, 0.05) is 13.0 Å². The predicted molar refractivity (Wildman–Crippen MR) is 56.1 cm³/mol. The van der Waals surface area contributed by atoms with E-state index in [0.29, 0.717) is 12.3 Å². The number of carbonyl (C=O) groups excluding carboxylic acids is 1. The minimum atomic E-state index is -0.180. The van der Waals surface area contributed by atoms with Gasteiger partial charge in [-0.1, -0.05) is 6.92 Å². The number of likely N-dealkylation sites (tertiary alicyclic amines) is 1. The lowest BCUT2D eigenvalue weighted by Gasteiger charge is -2.34. The van der Waals surface area contributed by atoms with Crippen molar-refractivity contribution in [1.82, 2.24) is 4.90 Å². The van der Waals surface area contributed by atoms with Crippen LogP contribution in [0.4, 0.5) is 0 Å². The topological polar surface area (TPSA) is 40.5 Å². The van der Waals surface area contributed by atoms with Gasteiger partial charge in [-0.15, -0.1) is 0 Å². The summed E-state index contributed by atoms with van der Waals surface area (Å²) in [6, 6.07) is 0. The third-order valence-corrected chi connectivity index (χ3v) is 3.01. The molecule has 3 nitrogen and oxygen atoms in total. The van der Waals surface area contributed by atoms with Crippen LogP contribution in [0.15, 0.2) is 0 Å². The van der Waals surface area contributed by atoms with E-state index in [1.807, 2.05) is 0 Å². The molecule has 2 atom stereocenters. The highest BCUT2D eigenvalue weighted by Gasteiger charge is 2.23. The molecule has 0 spiro atoms. The number of hydrogen-bond donors (Lipinski definition) is 1. The molecule has 82 valence electrons. The lowest BCUT2D eigenvalue weighted by Crippen LogP contribution is -2.43. The second kappa shape index (κ2) is 5.47. The molecule has 1 saturated heterocycles. The molecule has 0 saturated carbocycles. The molecule has 1 aliphatic rings. The second-order valence-corrected chi connectivity index (χ2v) is 4.44. The van der Waals surface area contributed by atoms with Crippen LogP contribution in [0.5, 0.6) is 0 Å². The van der Waals surface area contributed by atoms with E-state index < -0.39 is 0 Å². The van der Waals surface area contributed by atoms with Gasteiger partial charge >= 0.3 is 0 Å². The van der Waals surface area contributed by atoms with E-state index in [-0.39, 0.29) is 11.9 Å². The number of piperidine rings is 1. The van der Waals surface area contributed by atoms with E-state index in [1.165, 1.54) is 0 Å². The third-order valence-electron chi connectivity index (χ3n) is 3.01. The van der Waals surface area contributed by atoms with Crippen molar-refractivity contribution in [2.24, 2.45) is 5.92 Å². The average Bonchev–Trinajstić information content (AvgIpc) is 2.10. The Morgan fingerprint density at radius 1 is 1.57 bits per heavy atom. The third kappa shape index (κ3) is 3.76. The largest absolute Gasteiger partial charge is 0.392 e. The molecule has 0 radical (unpaired) electrons. The van der Waals surface area contributed by atoms with Crippen LogP contribution in [0.25, 0.3) is 0 Å². The smallest absolute Gasteiger partial charge is 0.129 e. The van der Waals surface area contributed by atoms with Crippen molar-refractivity contribution < 1.29 is 9.90 Å².